The molecule has 28 heavy (non-hydrogen) atoms. The van der Waals surface area contributed by atoms with Gasteiger partial charge < -0.3 is 28.8 Å². The van der Waals surface area contributed by atoms with E-state index < -0.39 is 60.9 Å². The number of aliphatic hydroxyl groups excluding tert-OH is 1. The molecule has 1 N–H and O–H groups in total. The quantitative estimate of drug-likeness (QED) is 0.239. The lowest BCUT2D eigenvalue weighted by Crippen LogP contribution is -2.54. The van der Waals surface area contributed by atoms with Crippen molar-refractivity contribution in [1.82, 2.24) is 0 Å². The number of ether oxygens (including phenoxy) is 5. The van der Waals surface area contributed by atoms with Gasteiger partial charge in [0.1, 0.15) is 19.3 Å². The molecule has 0 rings (SSSR count). The number of carbonyl (C=O) groups excluding carboxylic acids is 5. The van der Waals surface area contributed by atoms with Crippen molar-refractivity contribution >= 4 is 45.8 Å². The molecule has 0 aromatic carbocycles. The van der Waals surface area contributed by atoms with Gasteiger partial charge >= 0.3 is 29.8 Å². The molecule has 0 unspecified atom stereocenters. The van der Waals surface area contributed by atoms with Crippen LogP contribution < -0.4 is 0 Å². The van der Waals surface area contributed by atoms with Crippen molar-refractivity contribution in [3.05, 3.63) is 0 Å². The zero-order valence-electron chi connectivity index (χ0n) is 15.8. The average Bonchev–Trinajstić information content (AvgIpc) is 2.57. The second kappa shape index (κ2) is 13.0. The largest absolute Gasteiger partial charge is 0.463 e. The highest BCUT2D eigenvalue weighted by Crippen LogP contribution is 2.19. The van der Waals surface area contributed by atoms with Gasteiger partial charge in [0.2, 0.25) is 6.10 Å². The van der Waals surface area contributed by atoms with Gasteiger partial charge in [0, 0.05) is 33.0 Å². The van der Waals surface area contributed by atoms with Crippen LogP contribution >= 0.6 is 15.9 Å². The summed E-state index contributed by atoms with van der Waals surface area (Å²) >= 11 is 3.05. The highest BCUT2D eigenvalue weighted by molar-refractivity contribution is 9.09. The smallest absolute Gasteiger partial charge is 0.351 e. The number of esters is 5. The Bertz CT molecular complexity index is 577. The summed E-state index contributed by atoms with van der Waals surface area (Å²) in [6.45, 7) is 3.32. The maximum Gasteiger partial charge on any atom is 0.351 e. The van der Waals surface area contributed by atoms with E-state index in [9.17, 15) is 29.1 Å². The van der Waals surface area contributed by atoms with Crippen LogP contribution in [0.4, 0.5) is 0 Å². The minimum absolute atomic E-state index is 0.0996. The van der Waals surface area contributed by atoms with Crippen molar-refractivity contribution in [2.45, 2.75) is 52.1 Å². The molecule has 0 aromatic heterocycles. The predicted octanol–water partition coefficient (Wildman–Crippen LogP) is -0.356. The first-order chi connectivity index (χ1) is 13.0. The second-order valence-electron chi connectivity index (χ2n) is 5.40. The van der Waals surface area contributed by atoms with Crippen LogP contribution in [0.3, 0.4) is 0 Å². The standard InChI is InChI=1S/C16H23BrO11/c1-8(18)25-7-12(22)13(26-9(2)19)14(27-10(3)20)15(28-11(4)21)16(23)24-6-5-17/h12-15,22H,5-7H2,1-4H3/t12-,13-,14+,15-/m1/s1. The molecule has 0 saturated heterocycles. The highest BCUT2D eigenvalue weighted by Gasteiger charge is 2.46. The molecule has 0 aliphatic carbocycles. The number of rotatable bonds is 11. The zero-order valence-corrected chi connectivity index (χ0v) is 17.4. The number of halogens is 1. The third-order valence-corrected chi connectivity index (χ3v) is 3.23. The summed E-state index contributed by atoms with van der Waals surface area (Å²) in [4.78, 5) is 57.7. The Labute approximate surface area is 169 Å². The van der Waals surface area contributed by atoms with Crippen molar-refractivity contribution in [3.63, 3.8) is 0 Å². The van der Waals surface area contributed by atoms with Gasteiger partial charge in [-0.3, -0.25) is 19.2 Å². The lowest BCUT2D eigenvalue weighted by atomic mass is 10.0. The van der Waals surface area contributed by atoms with E-state index in [0.29, 0.717) is 0 Å². The molecule has 0 bridgehead atoms. The Morgan fingerprint density at radius 1 is 0.786 bits per heavy atom. The highest BCUT2D eigenvalue weighted by atomic mass is 79.9. The molecule has 0 aliphatic heterocycles. The summed E-state index contributed by atoms with van der Waals surface area (Å²) in [7, 11) is 0. The Morgan fingerprint density at radius 2 is 1.29 bits per heavy atom. The minimum atomic E-state index is -1.85. The van der Waals surface area contributed by atoms with Crippen LogP contribution in [0.15, 0.2) is 0 Å². The molecule has 0 aliphatic rings. The van der Waals surface area contributed by atoms with Crippen LogP contribution in [0.2, 0.25) is 0 Å². The number of carbonyl (C=O) groups is 5. The lowest BCUT2D eigenvalue weighted by molar-refractivity contribution is -0.203. The van der Waals surface area contributed by atoms with Crippen molar-refractivity contribution in [1.29, 1.82) is 0 Å². The average molecular weight is 471 g/mol. The first-order valence-corrected chi connectivity index (χ1v) is 9.17. The van der Waals surface area contributed by atoms with Crippen molar-refractivity contribution in [3.8, 4) is 0 Å². The van der Waals surface area contributed by atoms with E-state index in [1.165, 1.54) is 0 Å². The van der Waals surface area contributed by atoms with E-state index in [1.807, 2.05) is 0 Å². The fraction of sp³-hybridized carbons (Fsp3) is 0.688. The van der Waals surface area contributed by atoms with E-state index >= 15 is 0 Å². The zero-order chi connectivity index (χ0) is 21.9. The van der Waals surface area contributed by atoms with E-state index in [0.717, 1.165) is 27.7 Å². The van der Waals surface area contributed by atoms with Crippen LogP contribution in [-0.2, 0) is 47.7 Å². The second-order valence-corrected chi connectivity index (χ2v) is 6.20. The number of hydrogen-bond donors (Lipinski definition) is 1. The maximum absolute atomic E-state index is 12.3. The Morgan fingerprint density at radius 3 is 1.71 bits per heavy atom. The topological polar surface area (TPSA) is 152 Å². The normalized spacial score (nSPS) is 14.6. The van der Waals surface area contributed by atoms with E-state index in [4.69, 9.17) is 18.9 Å². The molecule has 4 atom stereocenters. The van der Waals surface area contributed by atoms with Crippen LogP contribution in [-0.4, -0.2) is 77.9 Å². The molecule has 0 heterocycles. The van der Waals surface area contributed by atoms with Crippen LogP contribution in [0.1, 0.15) is 27.7 Å². The third-order valence-electron chi connectivity index (χ3n) is 2.91. The summed E-state index contributed by atoms with van der Waals surface area (Å²) in [6, 6.07) is 0. The molecule has 11 nitrogen and oxygen atoms in total. The Kier molecular flexibility index (Phi) is 12.0. The van der Waals surface area contributed by atoms with E-state index in [2.05, 4.69) is 20.7 Å². The van der Waals surface area contributed by atoms with Crippen molar-refractivity contribution < 1.29 is 52.8 Å². The van der Waals surface area contributed by atoms with Gasteiger partial charge in [-0.2, -0.15) is 0 Å². The molecule has 0 aromatic rings. The number of aliphatic hydroxyl groups is 1. The van der Waals surface area contributed by atoms with E-state index in [-0.39, 0.29) is 11.9 Å². The van der Waals surface area contributed by atoms with Gasteiger partial charge in [-0.25, -0.2) is 4.79 Å². The molecule has 0 amide bonds. The fourth-order valence-corrected chi connectivity index (χ4v) is 2.16. The molecule has 0 radical (unpaired) electrons. The van der Waals surface area contributed by atoms with Gasteiger partial charge in [-0.05, 0) is 0 Å². The molecule has 0 fully saturated rings. The molecular weight excluding hydrogens is 448 g/mol. The van der Waals surface area contributed by atoms with Gasteiger partial charge in [0.25, 0.3) is 0 Å². The molecular formula is C16H23BrO11. The lowest BCUT2D eigenvalue weighted by Gasteiger charge is -2.32. The number of alkyl halides is 1. The van der Waals surface area contributed by atoms with Crippen LogP contribution in [0.25, 0.3) is 0 Å². The Balaban J connectivity index is 5.92. The maximum atomic E-state index is 12.3. The van der Waals surface area contributed by atoms with Gasteiger partial charge in [0.05, 0.1) is 0 Å². The van der Waals surface area contributed by atoms with Crippen LogP contribution in [0, 0.1) is 0 Å². The monoisotopic (exact) mass is 470 g/mol. The molecule has 160 valence electrons. The third kappa shape index (κ3) is 10.2. The van der Waals surface area contributed by atoms with Crippen molar-refractivity contribution in [2.24, 2.45) is 0 Å². The van der Waals surface area contributed by atoms with Crippen LogP contribution in [0.5, 0.6) is 0 Å². The van der Waals surface area contributed by atoms with Crippen molar-refractivity contribution in [2.75, 3.05) is 18.5 Å². The molecule has 0 saturated carbocycles. The first-order valence-electron chi connectivity index (χ1n) is 8.05. The summed E-state index contributed by atoms with van der Waals surface area (Å²) in [5.74, 6) is -4.59. The summed E-state index contributed by atoms with van der Waals surface area (Å²) in [5.41, 5.74) is 0. The SMILES string of the molecule is CC(=O)OC[C@@H](O)[C@@H](OC(C)=O)[C@H](OC(C)=O)[C@@H](OC(C)=O)C(=O)OCCBr. The summed E-state index contributed by atoms with van der Waals surface area (Å²) < 4.78 is 24.4. The van der Waals surface area contributed by atoms with Gasteiger partial charge in [0.15, 0.2) is 12.2 Å². The minimum Gasteiger partial charge on any atom is -0.463 e. The Hall–Kier alpha value is -2.21. The molecule has 12 heteroatoms. The van der Waals surface area contributed by atoms with Gasteiger partial charge in [-0.1, -0.05) is 15.9 Å². The first kappa shape index (κ1) is 25.8. The fourth-order valence-electron chi connectivity index (χ4n) is 2.00. The summed E-state index contributed by atoms with van der Waals surface area (Å²) in [6.07, 6.45) is -7.03. The van der Waals surface area contributed by atoms with E-state index in [1.54, 1.807) is 0 Å². The number of hydrogen-bond acceptors (Lipinski definition) is 11. The van der Waals surface area contributed by atoms with Gasteiger partial charge in [-0.15, -0.1) is 0 Å². The predicted molar refractivity (Wildman–Crippen MR) is 94.1 cm³/mol. The molecule has 0 spiro atoms. The summed E-state index contributed by atoms with van der Waals surface area (Å²) in [5, 5.41) is 10.6.